The van der Waals surface area contributed by atoms with Gasteiger partial charge in [-0.1, -0.05) is 25.5 Å². The van der Waals surface area contributed by atoms with Crippen LogP contribution in [0.25, 0.3) is 0 Å². The molecule has 4 saturated carbocycles. The highest BCUT2D eigenvalue weighted by molar-refractivity contribution is 5.27. The predicted molar refractivity (Wildman–Crippen MR) is 86.1 cm³/mol. The topological polar surface area (TPSA) is 40.5 Å². The van der Waals surface area contributed by atoms with Gasteiger partial charge in [-0.05, 0) is 85.4 Å². The molecular formula is C20H30O2. The molecule has 0 saturated heterocycles. The van der Waals surface area contributed by atoms with Gasteiger partial charge in [0.2, 0.25) is 0 Å². The number of fused-ring (bicyclic) bond motifs is 7. The van der Waals surface area contributed by atoms with Crippen LogP contribution in [0.3, 0.4) is 0 Å². The molecule has 0 aromatic rings. The molecule has 0 radical (unpaired) electrons. The molecule has 0 aromatic carbocycles. The fourth-order valence-corrected chi connectivity index (χ4v) is 7.58. The lowest BCUT2D eigenvalue weighted by atomic mass is 9.47. The Balaban J connectivity index is 1.53. The second-order valence-corrected chi connectivity index (χ2v) is 9.63. The van der Waals surface area contributed by atoms with E-state index in [-0.39, 0.29) is 17.6 Å². The van der Waals surface area contributed by atoms with Gasteiger partial charge in [0.25, 0.3) is 0 Å². The van der Waals surface area contributed by atoms with Gasteiger partial charge in [-0.15, -0.1) is 0 Å². The summed E-state index contributed by atoms with van der Waals surface area (Å²) in [7, 11) is 0. The van der Waals surface area contributed by atoms with Crippen molar-refractivity contribution in [1.29, 1.82) is 0 Å². The minimum Gasteiger partial charge on any atom is -0.393 e. The van der Waals surface area contributed by atoms with Gasteiger partial charge in [-0.3, -0.25) is 0 Å². The first-order valence-corrected chi connectivity index (χ1v) is 9.51. The van der Waals surface area contributed by atoms with Gasteiger partial charge in [0.15, 0.2) is 0 Å². The Morgan fingerprint density at radius 3 is 2.68 bits per heavy atom. The Morgan fingerprint density at radius 2 is 1.86 bits per heavy atom. The molecule has 2 heteroatoms. The van der Waals surface area contributed by atoms with Gasteiger partial charge in [0.05, 0.1) is 12.2 Å². The second kappa shape index (κ2) is 4.19. The Kier molecular flexibility index (Phi) is 2.67. The van der Waals surface area contributed by atoms with Crippen LogP contribution < -0.4 is 0 Å². The first kappa shape index (κ1) is 14.0. The molecule has 5 rings (SSSR count). The average molecular weight is 302 g/mol. The Labute approximate surface area is 134 Å². The zero-order valence-electron chi connectivity index (χ0n) is 14.0. The minimum absolute atomic E-state index is 0.0326. The summed E-state index contributed by atoms with van der Waals surface area (Å²) in [5.74, 6) is 3.79. The van der Waals surface area contributed by atoms with Crippen molar-refractivity contribution in [3.8, 4) is 0 Å². The zero-order valence-corrected chi connectivity index (χ0v) is 14.0. The van der Waals surface area contributed by atoms with E-state index in [2.05, 4.69) is 19.9 Å². The second-order valence-electron chi connectivity index (χ2n) is 9.63. The number of aliphatic hydroxyl groups is 2. The maximum atomic E-state index is 10.8. The van der Waals surface area contributed by atoms with E-state index < -0.39 is 0 Å². The summed E-state index contributed by atoms with van der Waals surface area (Å²) in [5.41, 5.74) is 2.09. The van der Waals surface area contributed by atoms with Crippen molar-refractivity contribution in [3.63, 3.8) is 0 Å². The first-order valence-electron chi connectivity index (χ1n) is 9.51. The van der Waals surface area contributed by atoms with E-state index in [1.165, 1.54) is 32.1 Å². The zero-order chi connectivity index (χ0) is 15.3. The summed E-state index contributed by atoms with van der Waals surface area (Å²) in [4.78, 5) is 0. The molecule has 2 N–H and O–H groups in total. The van der Waals surface area contributed by atoms with E-state index in [0.717, 1.165) is 36.5 Å². The molecule has 0 spiro atoms. The molecule has 0 unspecified atom stereocenters. The summed E-state index contributed by atoms with van der Waals surface area (Å²) in [6.07, 6.45) is 10.4. The monoisotopic (exact) mass is 302 g/mol. The summed E-state index contributed by atoms with van der Waals surface area (Å²) in [6, 6.07) is 0. The summed E-state index contributed by atoms with van der Waals surface area (Å²) in [6.45, 7) is 4.87. The fraction of sp³-hybridized carbons (Fsp3) is 0.900. The van der Waals surface area contributed by atoms with Crippen molar-refractivity contribution in [1.82, 2.24) is 0 Å². The number of aliphatic hydroxyl groups excluding tert-OH is 2. The molecule has 2 nitrogen and oxygen atoms in total. The highest BCUT2D eigenvalue weighted by Crippen LogP contribution is 2.73. The normalized spacial score (nSPS) is 62.4. The van der Waals surface area contributed by atoms with Crippen LogP contribution in [0.15, 0.2) is 11.6 Å². The van der Waals surface area contributed by atoms with Crippen molar-refractivity contribution < 1.29 is 10.2 Å². The van der Waals surface area contributed by atoms with Crippen molar-refractivity contribution in [2.45, 2.75) is 71.0 Å². The van der Waals surface area contributed by atoms with Gasteiger partial charge >= 0.3 is 0 Å². The molecule has 0 bridgehead atoms. The van der Waals surface area contributed by atoms with Crippen LogP contribution in [0.1, 0.15) is 58.8 Å². The maximum Gasteiger partial charge on any atom is 0.0627 e. The van der Waals surface area contributed by atoms with Crippen LogP contribution >= 0.6 is 0 Å². The van der Waals surface area contributed by atoms with E-state index in [4.69, 9.17) is 0 Å². The standard InChI is InChI=1S/C20H30O2/c1-19-7-5-12(21)9-11(19)3-4-13-16(19)6-8-20(2)17(13)14-10-15(14)18(20)22/h3,12-18,21-22H,4-10H2,1-2H3/t12-,13+,14+,15-,16-,17+,18-,19-,20-/m0/s1. The van der Waals surface area contributed by atoms with Gasteiger partial charge in [-0.2, -0.15) is 0 Å². The molecule has 9 atom stereocenters. The Hall–Kier alpha value is -0.340. The molecule has 5 aliphatic rings. The van der Waals surface area contributed by atoms with Gasteiger partial charge < -0.3 is 10.2 Å². The molecule has 5 aliphatic carbocycles. The third kappa shape index (κ3) is 1.54. The lowest BCUT2D eigenvalue weighted by Crippen LogP contribution is -2.52. The van der Waals surface area contributed by atoms with Crippen LogP contribution in [-0.2, 0) is 0 Å². The summed E-state index contributed by atoms with van der Waals surface area (Å²) >= 11 is 0. The van der Waals surface area contributed by atoms with Gasteiger partial charge in [0, 0.05) is 0 Å². The molecule has 0 amide bonds. The average Bonchev–Trinajstić information content (AvgIpc) is 3.22. The van der Waals surface area contributed by atoms with Crippen molar-refractivity contribution >= 4 is 0 Å². The van der Waals surface area contributed by atoms with E-state index in [0.29, 0.717) is 11.3 Å². The SMILES string of the molecule is C[C@]12CC[C@H]3[C@@H](CC=C4C[C@@H](O)CC[C@@]43C)[C@@H]1[C@@H]1C[C@@H]1[C@@H]2O. The van der Waals surface area contributed by atoms with Crippen molar-refractivity contribution in [3.05, 3.63) is 11.6 Å². The smallest absolute Gasteiger partial charge is 0.0627 e. The van der Waals surface area contributed by atoms with E-state index in [1.54, 1.807) is 5.57 Å². The van der Waals surface area contributed by atoms with Crippen LogP contribution in [0.5, 0.6) is 0 Å². The molecule has 0 aromatic heterocycles. The molecule has 122 valence electrons. The van der Waals surface area contributed by atoms with E-state index in [1.807, 2.05) is 0 Å². The largest absolute Gasteiger partial charge is 0.393 e. The lowest BCUT2D eigenvalue weighted by molar-refractivity contribution is -0.0878. The Bertz CT molecular complexity index is 540. The third-order valence-electron chi connectivity index (χ3n) is 8.81. The number of hydrogen-bond acceptors (Lipinski definition) is 2. The highest BCUT2D eigenvalue weighted by Gasteiger charge is 2.69. The highest BCUT2D eigenvalue weighted by atomic mass is 16.3. The molecule has 0 heterocycles. The fourth-order valence-electron chi connectivity index (χ4n) is 7.58. The Morgan fingerprint density at radius 1 is 1.05 bits per heavy atom. The van der Waals surface area contributed by atoms with Crippen LogP contribution in [-0.4, -0.2) is 22.4 Å². The molecule has 22 heavy (non-hydrogen) atoms. The third-order valence-corrected chi connectivity index (χ3v) is 8.81. The minimum atomic E-state index is -0.106. The van der Waals surface area contributed by atoms with Crippen molar-refractivity contribution in [2.24, 2.45) is 40.4 Å². The number of allylic oxidation sites excluding steroid dienone is 1. The van der Waals surface area contributed by atoms with E-state index >= 15 is 0 Å². The molecule has 4 fully saturated rings. The van der Waals surface area contributed by atoms with Crippen molar-refractivity contribution in [2.75, 3.05) is 0 Å². The number of rotatable bonds is 0. The predicted octanol–water partition coefficient (Wildman–Crippen LogP) is 3.53. The molecular weight excluding hydrogens is 272 g/mol. The van der Waals surface area contributed by atoms with Gasteiger partial charge in [-0.25, -0.2) is 0 Å². The van der Waals surface area contributed by atoms with Crippen LogP contribution in [0.2, 0.25) is 0 Å². The maximum absolute atomic E-state index is 10.8. The number of hydrogen-bond donors (Lipinski definition) is 2. The molecule has 0 aliphatic heterocycles. The summed E-state index contributed by atoms with van der Waals surface area (Å²) in [5, 5.41) is 20.8. The van der Waals surface area contributed by atoms with Crippen LogP contribution in [0.4, 0.5) is 0 Å². The van der Waals surface area contributed by atoms with Crippen LogP contribution in [0, 0.1) is 40.4 Å². The quantitative estimate of drug-likeness (QED) is 0.672. The first-order chi connectivity index (χ1) is 10.4. The van der Waals surface area contributed by atoms with Gasteiger partial charge in [0.1, 0.15) is 0 Å². The lowest BCUT2D eigenvalue weighted by Gasteiger charge is -2.58. The van der Waals surface area contributed by atoms with E-state index in [9.17, 15) is 10.2 Å². The summed E-state index contributed by atoms with van der Waals surface area (Å²) < 4.78 is 0.